The zero-order valence-corrected chi connectivity index (χ0v) is 35.4. The van der Waals surface area contributed by atoms with Crippen LogP contribution in [-0.2, 0) is 43.5 Å². The van der Waals surface area contributed by atoms with Crippen LogP contribution in [0.5, 0.6) is 0 Å². The number of nitrogens with two attached hydrogens (primary N) is 2. The predicted molar refractivity (Wildman–Crippen MR) is 229 cm³/mol. The van der Waals surface area contributed by atoms with Gasteiger partial charge in [0, 0.05) is 92.0 Å². The summed E-state index contributed by atoms with van der Waals surface area (Å²) < 4.78 is 54.9. The van der Waals surface area contributed by atoms with Gasteiger partial charge in [-0.2, -0.15) is 0 Å². The Kier molecular flexibility index (Phi) is 18.9. The van der Waals surface area contributed by atoms with Crippen molar-refractivity contribution in [1.29, 1.82) is 0 Å². The van der Waals surface area contributed by atoms with Gasteiger partial charge in [0.25, 0.3) is 0 Å². The Labute approximate surface area is 369 Å². The highest BCUT2D eigenvalue weighted by Gasteiger charge is 2.44. The molecular formula is C41H47F2N7O14S. The molecule has 2 fully saturated rings. The van der Waals surface area contributed by atoms with Crippen LogP contribution in [0.4, 0.5) is 14.6 Å². The number of nitrogens with zero attached hydrogens (tertiary/aromatic N) is 5. The lowest BCUT2D eigenvalue weighted by Gasteiger charge is -2.41. The molecule has 1 atom stereocenters. The van der Waals surface area contributed by atoms with Gasteiger partial charge in [0.05, 0.1) is 5.39 Å². The minimum atomic E-state index is -4.32. The Hall–Kier alpha value is -7.15. The molecule has 10 N–H and O–H groups in total. The first-order valence-electron chi connectivity index (χ1n) is 19.3. The largest absolute Gasteiger partial charge is 0.478 e. The molecule has 1 aliphatic heterocycles. The zero-order chi connectivity index (χ0) is 48.6. The number of carboxylic acids is 6. The lowest BCUT2D eigenvalue weighted by molar-refractivity contribution is -0.134. The second-order valence-electron chi connectivity index (χ2n) is 14.5. The predicted octanol–water partition coefficient (Wildman–Crippen LogP) is 2.98. The van der Waals surface area contributed by atoms with E-state index in [1.807, 2.05) is 6.20 Å². The number of sulfonamides is 1. The Morgan fingerprint density at radius 3 is 1.65 bits per heavy atom. The number of nitrogen functional groups attached to an aromatic ring is 1. The maximum atomic E-state index is 15.8. The van der Waals surface area contributed by atoms with Crippen LogP contribution in [-0.4, -0.2) is 138 Å². The third-order valence-electron chi connectivity index (χ3n) is 10.2. The van der Waals surface area contributed by atoms with Crippen LogP contribution in [0.15, 0.2) is 91.2 Å². The van der Waals surface area contributed by atoms with Gasteiger partial charge in [-0.15, -0.1) is 0 Å². The number of anilines is 1. The highest BCUT2D eigenvalue weighted by molar-refractivity contribution is 7.90. The summed E-state index contributed by atoms with van der Waals surface area (Å²) in [6.07, 6.45) is 13.8. The molecule has 1 aromatic carbocycles. The lowest BCUT2D eigenvalue weighted by atomic mass is 9.89. The molecular weight excluding hydrogens is 885 g/mol. The Morgan fingerprint density at radius 2 is 1.23 bits per heavy atom. The molecule has 2 aromatic heterocycles. The van der Waals surface area contributed by atoms with Crippen molar-refractivity contribution in [3.05, 3.63) is 103 Å². The number of allylic oxidation sites excluding steroid dienone is 3. The maximum Gasteiger partial charge on any atom is 0.328 e. The van der Waals surface area contributed by atoms with E-state index >= 15 is 4.39 Å². The first-order chi connectivity index (χ1) is 30.4. The second kappa shape index (κ2) is 23.5. The molecule has 0 radical (unpaired) electrons. The molecule has 24 heteroatoms. The fraction of sp³-hybridized carbons (Fsp3) is 0.317. The Morgan fingerprint density at radius 1 is 0.754 bits per heavy atom. The molecule has 21 nitrogen and oxygen atoms in total. The summed E-state index contributed by atoms with van der Waals surface area (Å²) >= 11 is 0. The number of primary sulfonamides is 1. The molecule has 0 amide bonds. The number of rotatable bonds is 11. The van der Waals surface area contributed by atoms with Crippen LogP contribution in [0, 0.1) is 5.82 Å². The van der Waals surface area contributed by atoms with E-state index < -0.39 is 62.2 Å². The van der Waals surface area contributed by atoms with E-state index in [9.17, 15) is 41.6 Å². The van der Waals surface area contributed by atoms with Gasteiger partial charge in [-0.25, -0.2) is 61.1 Å². The molecule has 0 bridgehead atoms. The number of carboxylic acid groups (broad SMARTS) is 6. The monoisotopic (exact) mass is 931 g/mol. The van der Waals surface area contributed by atoms with E-state index in [0.717, 1.165) is 70.1 Å². The molecule has 0 spiro atoms. The summed E-state index contributed by atoms with van der Waals surface area (Å²) in [6, 6.07) is 5.12. The smallest absolute Gasteiger partial charge is 0.328 e. The Bertz CT molecular complexity index is 2400. The fourth-order valence-electron chi connectivity index (χ4n) is 7.11. The summed E-state index contributed by atoms with van der Waals surface area (Å²) in [5.74, 6) is -8.61. The molecule has 1 saturated heterocycles. The second-order valence-corrected chi connectivity index (χ2v) is 16.3. The van der Waals surface area contributed by atoms with Gasteiger partial charge in [-0.3, -0.25) is 4.90 Å². The van der Waals surface area contributed by atoms with E-state index in [1.165, 1.54) is 18.5 Å². The highest BCUT2D eigenvalue weighted by atomic mass is 32.2. The normalized spacial score (nSPS) is 20.2. The average Bonchev–Trinajstić information content (AvgIpc) is 3.63. The summed E-state index contributed by atoms with van der Waals surface area (Å²) in [7, 11) is -2.15. The number of benzene rings is 1. The van der Waals surface area contributed by atoms with Gasteiger partial charge in [0.2, 0.25) is 10.0 Å². The molecule has 3 heterocycles. The molecule has 3 aliphatic rings. The number of hydrogen-bond donors (Lipinski definition) is 8. The topological polar surface area (TPSA) is 347 Å². The number of aromatic nitrogens is 3. The van der Waals surface area contributed by atoms with Gasteiger partial charge in [0.1, 0.15) is 34.2 Å². The molecule has 3 aromatic rings. The van der Waals surface area contributed by atoms with Crippen molar-refractivity contribution in [2.75, 3.05) is 39.0 Å². The summed E-state index contributed by atoms with van der Waals surface area (Å²) in [5, 5.41) is 53.0. The van der Waals surface area contributed by atoms with Crippen LogP contribution < -0.4 is 10.9 Å². The maximum absolute atomic E-state index is 15.8. The third-order valence-corrected chi connectivity index (χ3v) is 11.8. The van der Waals surface area contributed by atoms with Gasteiger partial charge >= 0.3 is 35.8 Å². The highest BCUT2D eigenvalue weighted by Crippen LogP contribution is 2.43. The number of carbonyl (C=O) groups is 6. The first kappa shape index (κ1) is 52.2. The van der Waals surface area contributed by atoms with E-state index in [1.54, 1.807) is 6.07 Å². The number of fused-ring (bicyclic) bond motifs is 1. The molecule has 2 aliphatic carbocycles. The van der Waals surface area contributed by atoms with Crippen molar-refractivity contribution >= 4 is 62.7 Å². The first-order valence-corrected chi connectivity index (χ1v) is 20.8. The SMILES string of the molecule is CN1CCN(C2CCC(n3cc(-c4ccc(C5(S(N)(=O)=O)C=CC(F)=CC5)c(F)c4)c4c(N)ncnc43)CC2)CC1.O=C(O)/C=C\C(=O)O.O=C(O)/C=C\C(=O)O.O=C(O)/C=C\C(=O)O. The summed E-state index contributed by atoms with van der Waals surface area (Å²) in [4.78, 5) is 71.1. The number of likely N-dealkylation sites (N-methyl/N-ethyl adjacent to an activating group) is 1. The number of halogens is 2. The third kappa shape index (κ3) is 15.3. The van der Waals surface area contributed by atoms with Crippen molar-refractivity contribution in [1.82, 2.24) is 24.3 Å². The fourth-order valence-corrected chi connectivity index (χ4v) is 8.16. The van der Waals surface area contributed by atoms with Crippen LogP contribution in [0.2, 0.25) is 0 Å². The minimum absolute atomic E-state index is 0.140. The molecule has 350 valence electrons. The van der Waals surface area contributed by atoms with Gasteiger partial charge in [-0.05, 0) is 62.9 Å². The van der Waals surface area contributed by atoms with Gasteiger partial charge in [-0.1, -0.05) is 18.2 Å². The van der Waals surface area contributed by atoms with Crippen molar-refractivity contribution < 1.29 is 76.6 Å². The van der Waals surface area contributed by atoms with Gasteiger partial charge in [0.15, 0.2) is 0 Å². The van der Waals surface area contributed by atoms with Gasteiger partial charge < -0.3 is 45.8 Å². The molecule has 1 unspecified atom stereocenters. The summed E-state index contributed by atoms with van der Waals surface area (Å²) in [6.45, 7) is 4.39. The number of aliphatic carboxylic acids is 6. The minimum Gasteiger partial charge on any atom is -0.478 e. The van der Waals surface area contributed by atoms with Crippen LogP contribution in [0.1, 0.15) is 43.7 Å². The van der Waals surface area contributed by atoms with E-state index in [2.05, 4.69) is 31.4 Å². The molecule has 6 rings (SSSR count). The molecule has 65 heavy (non-hydrogen) atoms. The van der Waals surface area contributed by atoms with E-state index in [4.69, 9.17) is 41.5 Å². The lowest BCUT2D eigenvalue weighted by Crippen LogP contribution is -2.49. The zero-order valence-electron chi connectivity index (χ0n) is 34.6. The van der Waals surface area contributed by atoms with E-state index in [0.29, 0.717) is 64.7 Å². The average molecular weight is 932 g/mol. The van der Waals surface area contributed by atoms with Crippen molar-refractivity contribution in [3.8, 4) is 11.1 Å². The number of hydrogen-bond acceptors (Lipinski definition) is 13. The van der Waals surface area contributed by atoms with Crippen molar-refractivity contribution in [2.45, 2.75) is 48.9 Å². The van der Waals surface area contributed by atoms with Crippen LogP contribution >= 0.6 is 0 Å². The quantitative estimate of drug-likeness (QED) is 0.128. The molecule has 1 saturated carbocycles. The Balaban J connectivity index is 0.000000383. The van der Waals surface area contributed by atoms with Crippen molar-refractivity contribution in [3.63, 3.8) is 0 Å². The van der Waals surface area contributed by atoms with Crippen molar-refractivity contribution in [2.24, 2.45) is 5.14 Å². The summed E-state index contributed by atoms with van der Waals surface area (Å²) in [5.41, 5.74) is 8.05. The van der Waals surface area contributed by atoms with Crippen LogP contribution in [0.25, 0.3) is 22.2 Å². The van der Waals surface area contributed by atoms with E-state index in [-0.39, 0.29) is 23.8 Å². The standard InChI is InChI=1S/C29H35F2N7O2S.3C4H4O4/c1-36-12-14-37(15-13-36)21-3-5-22(6-4-21)38-17-23(26-27(32)34-18-35-28(26)38)19-2-7-24(25(31)16-19)29(41(33,39)40)10-8-20(30)9-11-29;3*5-3(6)1-2-4(7)8/h2,7-10,16-18,21-22H,3-6,11-15H2,1H3,(H2,32,34,35)(H2,33,39,40);3*1-2H,(H,5,6)(H,7,8)/b;3*2-1-. The number of piperazine rings is 1. The van der Waals surface area contributed by atoms with Crippen LogP contribution in [0.3, 0.4) is 0 Å².